The van der Waals surface area contributed by atoms with Crippen LogP contribution in [0.2, 0.25) is 19.6 Å². The van der Waals surface area contributed by atoms with Crippen LogP contribution >= 0.6 is 0 Å². The van der Waals surface area contributed by atoms with Crippen LogP contribution in [0.1, 0.15) is 24.0 Å². The number of benzene rings is 2. The van der Waals surface area contributed by atoms with E-state index in [9.17, 15) is 0 Å². The van der Waals surface area contributed by atoms with E-state index in [1.165, 1.54) is 5.56 Å². The Morgan fingerprint density at radius 2 is 1.52 bits per heavy atom. The molecule has 3 nitrogen and oxygen atoms in total. The molecular formula is C25H34O3Si. The monoisotopic (exact) mass is 410 g/mol. The van der Waals surface area contributed by atoms with Crippen LogP contribution < -0.4 is 4.74 Å². The lowest BCUT2D eigenvalue weighted by molar-refractivity contribution is 0.0874. The largest absolute Gasteiger partial charge is 0.497 e. The average Bonchev–Trinajstić information content (AvgIpc) is 2.72. The summed E-state index contributed by atoms with van der Waals surface area (Å²) in [4.78, 5) is 0. The summed E-state index contributed by atoms with van der Waals surface area (Å²) < 4.78 is 17.0. The van der Waals surface area contributed by atoms with E-state index in [4.69, 9.17) is 14.2 Å². The maximum Gasteiger partial charge on any atom is 0.129 e. The Morgan fingerprint density at radius 1 is 0.862 bits per heavy atom. The fourth-order valence-electron chi connectivity index (χ4n) is 2.75. The highest BCUT2D eigenvalue weighted by molar-refractivity contribution is 6.83. The predicted molar refractivity (Wildman–Crippen MR) is 123 cm³/mol. The maximum atomic E-state index is 5.98. The summed E-state index contributed by atoms with van der Waals surface area (Å²) in [6.07, 6.45) is 1.98. The van der Waals surface area contributed by atoms with Gasteiger partial charge in [-0.1, -0.05) is 62.1 Å². The first-order valence-corrected chi connectivity index (χ1v) is 13.8. The molecule has 0 saturated heterocycles. The van der Waals surface area contributed by atoms with E-state index in [0.717, 1.165) is 30.8 Å². The summed E-state index contributed by atoms with van der Waals surface area (Å²) in [5.74, 6) is 4.60. The molecule has 0 spiro atoms. The molecule has 0 aliphatic heterocycles. The van der Waals surface area contributed by atoms with Crippen LogP contribution in [-0.4, -0.2) is 28.4 Å². The maximum absolute atomic E-state index is 5.98. The molecule has 0 heterocycles. The molecule has 0 aliphatic rings. The van der Waals surface area contributed by atoms with E-state index in [0.29, 0.717) is 19.8 Å². The minimum atomic E-state index is -1.39. The standard InChI is InChI=1S/C25H34O3Si/c1-26-25-14-12-24(13-15-25)21-28-20-23(16-18-29(2,3)4)11-8-17-27-19-22-9-6-5-7-10-22/h5-7,9-10,12-15,23H,8,11,17,19-21H2,1-4H3/t23-/m0/s1. The second-order valence-electron chi connectivity index (χ2n) is 8.26. The molecule has 29 heavy (non-hydrogen) atoms. The highest BCUT2D eigenvalue weighted by Crippen LogP contribution is 2.14. The van der Waals surface area contributed by atoms with Crippen LogP contribution in [-0.2, 0) is 22.7 Å². The van der Waals surface area contributed by atoms with E-state index in [-0.39, 0.29) is 5.92 Å². The molecule has 0 aromatic heterocycles. The zero-order valence-corrected chi connectivity index (χ0v) is 19.2. The molecule has 0 radical (unpaired) electrons. The van der Waals surface area contributed by atoms with Crippen molar-refractivity contribution < 1.29 is 14.2 Å². The van der Waals surface area contributed by atoms with Gasteiger partial charge in [0.15, 0.2) is 0 Å². The van der Waals surface area contributed by atoms with Gasteiger partial charge in [-0.25, -0.2) is 0 Å². The summed E-state index contributed by atoms with van der Waals surface area (Å²) >= 11 is 0. The fraction of sp³-hybridized carbons (Fsp3) is 0.440. The van der Waals surface area contributed by atoms with E-state index in [1.807, 2.05) is 42.5 Å². The first-order valence-electron chi connectivity index (χ1n) is 10.3. The third-order valence-electron chi connectivity index (χ3n) is 4.35. The third kappa shape index (κ3) is 10.3. The number of hydrogen-bond donors (Lipinski definition) is 0. The number of rotatable bonds is 11. The molecule has 0 bridgehead atoms. The van der Waals surface area contributed by atoms with Crippen LogP contribution in [0.25, 0.3) is 0 Å². The smallest absolute Gasteiger partial charge is 0.129 e. The van der Waals surface area contributed by atoms with E-state index >= 15 is 0 Å². The topological polar surface area (TPSA) is 27.7 Å². The molecule has 2 rings (SSSR count). The Balaban J connectivity index is 1.76. The van der Waals surface area contributed by atoms with Gasteiger partial charge in [-0.2, -0.15) is 0 Å². The summed E-state index contributed by atoms with van der Waals surface area (Å²) in [7, 11) is 0.283. The first kappa shape index (κ1) is 23.2. The van der Waals surface area contributed by atoms with Crippen LogP contribution in [0.15, 0.2) is 54.6 Å². The molecule has 156 valence electrons. The van der Waals surface area contributed by atoms with Crippen molar-refractivity contribution in [3.8, 4) is 17.2 Å². The van der Waals surface area contributed by atoms with Crippen molar-refractivity contribution in [1.29, 1.82) is 0 Å². The summed E-state index contributed by atoms with van der Waals surface area (Å²) in [6.45, 7) is 9.50. The zero-order valence-electron chi connectivity index (χ0n) is 18.2. The van der Waals surface area contributed by atoms with Crippen LogP contribution in [0.4, 0.5) is 0 Å². The normalized spacial score (nSPS) is 12.1. The first-order chi connectivity index (χ1) is 14.0. The van der Waals surface area contributed by atoms with Crippen molar-refractivity contribution in [2.45, 2.75) is 45.7 Å². The number of ether oxygens (including phenoxy) is 3. The quantitative estimate of drug-likeness (QED) is 0.270. The molecule has 1 atom stereocenters. The van der Waals surface area contributed by atoms with Crippen LogP contribution in [0, 0.1) is 17.4 Å². The molecule has 0 N–H and O–H groups in total. The molecule has 2 aromatic rings. The van der Waals surface area contributed by atoms with Gasteiger partial charge >= 0.3 is 0 Å². The Kier molecular flexibility index (Phi) is 10.00. The van der Waals surface area contributed by atoms with Crippen molar-refractivity contribution in [2.75, 3.05) is 20.3 Å². The third-order valence-corrected chi connectivity index (χ3v) is 5.25. The number of hydrogen-bond acceptors (Lipinski definition) is 3. The molecule has 2 aromatic carbocycles. The van der Waals surface area contributed by atoms with Crippen molar-refractivity contribution in [3.05, 3.63) is 65.7 Å². The van der Waals surface area contributed by atoms with Crippen molar-refractivity contribution in [3.63, 3.8) is 0 Å². The van der Waals surface area contributed by atoms with Gasteiger partial charge in [-0.15, -0.1) is 11.5 Å². The Bertz CT molecular complexity index is 755. The Morgan fingerprint density at radius 3 is 2.17 bits per heavy atom. The highest BCUT2D eigenvalue weighted by atomic mass is 28.3. The summed E-state index contributed by atoms with van der Waals surface area (Å²) in [6, 6.07) is 18.3. The molecular weight excluding hydrogens is 376 g/mol. The van der Waals surface area contributed by atoms with Crippen molar-refractivity contribution >= 4 is 8.07 Å². The van der Waals surface area contributed by atoms with Gasteiger partial charge in [0.1, 0.15) is 13.8 Å². The van der Waals surface area contributed by atoms with Crippen LogP contribution in [0.5, 0.6) is 5.75 Å². The molecule has 0 unspecified atom stereocenters. The van der Waals surface area contributed by atoms with E-state index < -0.39 is 8.07 Å². The molecule has 0 aliphatic carbocycles. The summed E-state index contributed by atoms with van der Waals surface area (Å²) in [5, 5.41) is 0. The SMILES string of the molecule is COc1ccc(COC[C@H](C#C[Si](C)(C)C)CCCOCc2ccccc2)cc1. The van der Waals surface area contributed by atoms with E-state index in [2.05, 4.69) is 43.2 Å². The van der Waals surface area contributed by atoms with Gasteiger partial charge in [0.2, 0.25) is 0 Å². The summed E-state index contributed by atoms with van der Waals surface area (Å²) in [5.41, 5.74) is 5.86. The van der Waals surface area contributed by atoms with Crippen molar-refractivity contribution in [1.82, 2.24) is 0 Å². The lowest BCUT2D eigenvalue weighted by atomic mass is 10.1. The second kappa shape index (κ2) is 12.5. The van der Waals surface area contributed by atoms with Gasteiger partial charge in [-0.3, -0.25) is 0 Å². The van der Waals surface area contributed by atoms with Gasteiger partial charge < -0.3 is 14.2 Å². The molecule has 0 saturated carbocycles. The van der Waals surface area contributed by atoms with Crippen molar-refractivity contribution in [2.24, 2.45) is 5.92 Å². The predicted octanol–water partition coefficient (Wildman–Crippen LogP) is 5.71. The van der Waals surface area contributed by atoms with E-state index in [1.54, 1.807) is 7.11 Å². The zero-order chi connectivity index (χ0) is 21.0. The van der Waals surface area contributed by atoms with Gasteiger partial charge in [0.25, 0.3) is 0 Å². The van der Waals surface area contributed by atoms with Gasteiger partial charge in [0, 0.05) is 12.5 Å². The minimum absolute atomic E-state index is 0.250. The lowest BCUT2D eigenvalue weighted by Crippen LogP contribution is -2.18. The average molecular weight is 411 g/mol. The Hall–Kier alpha value is -2.06. The fourth-order valence-corrected chi connectivity index (χ4v) is 3.39. The highest BCUT2D eigenvalue weighted by Gasteiger charge is 2.11. The van der Waals surface area contributed by atoms with Crippen LogP contribution in [0.3, 0.4) is 0 Å². The number of methoxy groups -OCH3 is 1. The molecule has 0 amide bonds. The molecule has 4 heteroatoms. The lowest BCUT2D eigenvalue weighted by Gasteiger charge is -2.13. The Labute approximate surface area is 177 Å². The second-order valence-corrected chi connectivity index (χ2v) is 13.0. The van der Waals surface area contributed by atoms with Gasteiger partial charge in [-0.05, 0) is 36.1 Å². The van der Waals surface area contributed by atoms with Gasteiger partial charge in [0.05, 0.1) is 26.9 Å². The molecule has 0 fully saturated rings. The minimum Gasteiger partial charge on any atom is -0.497 e.